The van der Waals surface area contributed by atoms with Gasteiger partial charge in [0.15, 0.2) is 0 Å². The zero-order valence-corrected chi connectivity index (χ0v) is 23.7. The molecule has 11 heteroatoms. The molecule has 9 nitrogen and oxygen atoms in total. The number of esters is 1. The molecular formula is C28H36Cl2N4O5. The Hall–Kier alpha value is -2.17. The lowest BCUT2D eigenvalue weighted by atomic mass is 10.2. The van der Waals surface area contributed by atoms with E-state index in [9.17, 15) is 4.79 Å². The van der Waals surface area contributed by atoms with Gasteiger partial charge in [0.1, 0.15) is 11.6 Å². The van der Waals surface area contributed by atoms with Crippen LogP contribution in [0.4, 0.5) is 11.6 Å². The van der Waals surface area contributed by atoms with E-state index in [1.54, 1.807) is 0 Å². The van der Waals surface area contributed by atoms with Gasteiger partial charge in [-0.1, -0.05) is 23.2 Å². The average Bonchev–Trinajstić information content (AvgIpc) is 3.88. The summed E-state index contributed by atoms with van der Waals surface area (Å²) in [6.07, 6.45) is 1.82. The minimum atomic E-state index is -0.128. The molecule has 2 aliphatic heterocycles. The first-order valence-electron chi connectivity index (χ1n) is 13.7. The summed E-state index contributed by atoms with van der Waals surface area (Å²) in [5.74, 6) is 2.51. The standard InChI is InChI=1S/C15H19ClN2O3.C13H17ClN2O2/c1-2-21-15(19)12-9-11(12)13-7-10(16)8-14(17-13)18-3-5-20-6-4-18;14-10-6-12(11-5-9(11)8-17)15-13(7-10)16-1-3-18-4-2-16/h7-8,11-12H,2-6,9H2,1H3;6-7,9,11,17H,1-5,8H2/t11-,12+;9-,11-/m11/s1. The summed E-state index contributed by atoms with van der Waals surface area (Å²) in [4.78, 5) is 25.5. The normalized spacial score (nSPS) is 25.9. The van der Waals surface area contributed by atoms with Gasteiger partial charge in [0.25, 0.3) is 0 Å². The van der Waals surface area contributed by atoms with E-state index in [-0.39, 0.29) is 24.4 Å². The van der Waals surface area contributed by atoms with Crippen molar-refractivity contribution in [1.82, 2.24) is 9.97 Å². The summed E-state index contributed by atoms with van der Waals surface area (Å²) in [7, 11) is 0. The molecule has 0 aromatic carbocycles. The number of aromatic nitrogens is 2. The Balaban J connectivity index is 0.000000160. The average molecular weight is 580 g/mol. The largest absolute Gasteiger partial charge is 0.466 e. The number of anilines is 2. The number of carbonyl (C=O) groups is 1. The summed E-state index contributed by atoms with van der Waals surface area (Å²) >= 11 is 12.4. The van der Waals surface area contributed by atoms with Gasteiger partial charge in [-0.3, -0.25) is 4.79 Å². The minimum absolute atomic E-state index is 0.0616. The lowest BCUT2D eigenvalue weighted by Gasteiger charge is -2.28. The molecule has 4 atom stereocenters. The van der Waals surface area contributed by atoms with Gasteiger partial charge in [-0.05, 0) is 49.9 Å². The van der Waals surface area contributed by atoms with Crippen molar-refractivity contribution in [3.05, 3.63) is 45.7 Å². The highest BCUT2D eigenvalue weighted by molar-refractivity contribution is 6.31. The number of carbonyl (C=O) groups excluding carboxylic acids is 1. The Bertz CT molecular complexity index is 1140. The van der Waals surface area contributed by atoms with E-state index >= 15 is 0 Å². The number of hydrogen-bond donors (Lipinski definition) is 1. The van der Waals surface area contributed by atoms with Crippen LogP contribution in [0.5, 0.6) is 0 Å². The number of nitrogens with zero attached hydrogens (tertiary/aromatic N) is 4. The van der Waals surface area contributed by atoms with Crippen molar-refractivity contribution in [3.63, 3.8) is 0 Å². The highest BCUT2D eigenvalue weighted by atomic mass is 35.5. The number of aliphatic hydroxyl groups excluding tert-OH is 1. The molecule has 2 saturated carbocycles. The Kier molecular flexibility index (Phi) is 9.45. The maximum Gasteiger partial charge on any atom is 0.309 e. The zero-order valence-electron chi connectivity index (χ0n) is 22.2. The fraction of sp³-hybridized carbons (Fsp3) is 0.607. The van der Waals surface area contributed by atoms with Crippen LogP contribution in [0.2, 0.25) is 10.0 Å². The number of halogens is 2. The Labute approximate surface area is 239 Å². The molecule has 39 heavy (non-hydrogen) atoms. The lowest BCUT2D eigenvalue weighted by molar-refractivity contribution is -0.144. The van der Waals surface area contributed by atoms with Gasteiger partial charge in [-0.15, -0.1) is 0 Å². The molecule has 0 unspecified atom stereocenters. The number of rotatable bonds is 7. The van der Waals surface area contributed by atoms with E-state index in [1.807, 2.05) is 31.2 Å². The van der Waals surface area contributed by atoms with E-state index in [4.69, 9.17) is 52.5 Å². The third kappa shape index (κ3) is 7.32. The third-order valence-corrected chi connectivity index (χ3v) is 8.00. The molecule has 0 spiro atoms. The van der Waals surface area contributed by atoms with Crippen LogP contribution < -0.4 is 9.80 Å². The number of hydrogen-bond acceptors (Lipinski definition) is 9. The van der Waals surface area contributed by atoms with E-state index < -0.39 is 0 Å². The van der Waals surface area contributed by atoms with Crippen LogP contribution in [0.15, 0.2) is 24.3 Å². The second-order valence-electron chi connectivity index (χ2n) is 10.3. The van der Waals surface area contributed by atoms with Crippen LogP contribution in [0.1, 0.15) is 43.0 Å². The van der Waals surface area contributed by atoms with Gasteiger partial charge >= 0.3 is 5.97 Å². The molecule has 212 valence electrons. The van der Waals surface area contributed by atoms with Crippen molar-refractivity contribution in [2.45, 2.75) is 31.6 Å². The van der Waals surface area contributed by atoms with Crippen LogP contribution in [0.3, 0.4) is 0 Å². The zero-order chi connectivity index (χ0) is 27.4. The SMILES string of the molecule is CCOC(=O)[C@H]1C[C@H]1c1cc(Cl)cc(N2CCOCC2)n1.OC[C@H]1C[C@H]1c1cc(Cl)cc(N2CCOCC2)n1. The Morgan fingerprint density at radius 2 is 1.41 bits per heavy atom. The van der Waals surface area contributed by atoms with Gasteiger partial charge in [-0.25, -0.2) is 9.97 Å². The quantitative estimate of drug-likeness (QED) is 0.490. The molecule has 2 aliphatic carbocycles. The Morgan fingerprint density at radius 3 is 1.87 bits per heavy atom. The first kappa shape index (κ1) is 28.4. The van der Waals surface area contributed by atoms with E-state index in [2.05, 4.69) is 9.80 Å². The molecule has 0 amide bonds. The summed E-state index contributed by atoms with van der Waals surface area (Å²) in [5.41, 5.74) is 1.91. The van der Waals surface area contributed by atoms with Crippen LogP contribution in [0.25, 0.3) is 0 Å². The molecule has 6 rings (SSSR count). The van der Waals surface area contributed by atoms with Crippen molar-refractivity contribution in [1.29, 1.82) is 0 Å². The summed E-state index contributed by atoms with van der Waals surface area (Å²) in [6.45, 7) is 8.74. The fourth-order valence-corrected chi connectivity index (χ4v) is 5.56. The van der Waals surface area contributed by atoms with Crippen molar-refractivity contribution < 1.29 is 24.1 Å². The molecule has 0 bridgehead atoms. The molecular weight excluding hydrogens is 543 g/mol. The van der Waals surface area contributed by atoms with E-state index in [1.165, 1.54) is 0 Å². The molecule has 2 saturated heterocycles. The first-order chi connectivity index (χ1) is 19.0. The number of ether oxygens (including phenoxy) is 3. The van der Waals surface area contributed by atoms with E-state index in [0.717, 1.165) is 80.3 Å². The number of morpholine rings is 2. The topological polar surface area (TPSA) is 97.2 Å². The molecule has 4 heterocycles. The highest BCUT2D eigenvalue weighted by Crippen LogP contribution is 2.48. The fourth-order valence-electron chi connectivity index (χ4n) is 5.14. The molecule has 1 N–H and O–H groups in total. The maximum atomic E-state index is 11.8. The summed E-state index contributed by atoms with van der Waals surface area (Å²) < 4.78 is 15.8. The van der Waals surface area contributed by atoms with Crippen molar-refractivity contribution in [3.8, 4) is 0 Å². The predicted octanol–water partition coefficient (Wildman–Crippen LogP) is 3.91. The van der Waals surface area contributed by atoms with Crippen LogP contribution in [0, 0.1) is 11.8 Å². The smallest absolute Gasteiger partial charge is 0.309 e. The van der Waals surface area contributed by atoms with Gasteiger partial charge < -0.3 is 29.1 Å². The van der Waals surface area contributed by atoms with Crippen molar-refractivity contribution >= 4 is 40.8 Å². The van der Waals surface area contributed by atoms with Crippen molar-refractivity contribution in [2.24, 2.45) is 11.8 Å². The van der Waals surface area contributed by atoms with Crippen LogP contribution >= 0.6 is 23.2 Å². The summed E-state index contributed by atoms with van der Waals surface area (Å²) in [5, 5.41) is 10.5. The third-order valence-electron chi connectivity index (χ3n) is 7.56. The number of aliphatic hydroxyl groups is 1. The molecule has 2 aromatic rings. The van der Waals surface area contributed by atoms with Crippen LogP contribution in [-0.2, 0) is 19.0 Å². The van der Waals surface area contributed by atoms with Gasteiger partial charge in [0.05, 0.1) is 39.0 Å². The van der Waals surface area contributed by atoms with Crippen molar-refractivity contribution in [2.75, 3.05) is 75.6 Å². The van der Waals surface area contributed by atoms with Gasteiger partial charge in [0, 0.05) is 66.1 Å². The predicted molar refractivity (Wildman–Crippen MR) is 150 cm³/mol. The first-order valence-corrected chi connectivity index (χ1v) is 14.5. The monoisotopic (exact) mass is 578 g/mol. The van der Waals surface area contributed by atoms with Crippen LogP contribution in [-0.4, -0.2) is 86.9 Å². The summed E-state index contributed by atoms with van der Waals surface area (Å²) in [6, 6.07) is 7.56. The lowest BCUT2D eigenvalue weighted by Crippen LogP contribution is -2.36. The highest BCUT2D eigenvalue weighted by Gasteiger charge is 2.46. The second kappa shape index (κ2) is 13.0. The molecule has 4 aliphatic rings. The maximum absolute atomic E-state index is 11.8. The van der Waals surface area contributed by atoms with E-state index in [0.29, 0.717) is 36.7 Å². The van der Waals surface area contributed by atoms with Gasteiger partial charge in [0.2, 0.25) is 0 Å². The molecule has 2 aromatic heterocycles. The second-order valence-corrected chi connectivity index (χ2v) is 11.2. The minimum Gasteiger partial charge on any atom is -0.466 e. The molecule has 0 radical (unpaired) electrons. The Morgan fingerprint density at radius 1 is 0.897 bits per heavy atom. The molecule has 4 fully saturated rings. The number of pyridine rings is 2. The van der Waals surface area contributed by atoms with Gasteiger partial charge in [-0.2, -0.15) is 0 Å².